The van der Waals surface area contributed by atoms with E-state index in [0.29, 0.717) is 18.4 Å². The molecular formula is C18H24N2O5. The lowest BCUT2D eigenvalue weighted by molar-refractivity contribution is -0.136. The van der Waals surface area contributed by atoms with Crippen LogP contribution in [-0.4, -0.2) is 36.2 Å². The summed E-state index contributed by atoms with van der Waals surface area (Å²) >= 11 is 0. The minimum absolute atomic E-state index is 0.124. The van der Waals surface area contributed by atoms with Gasteiger partial charge in [0.15, 0.2) is 11.3 Å². The lowest BCUT2D eigenvalue weighted by Crippen LogP contribution is -2.62. The van der Waals surface area contributed by atoms with Crippen molar-refractivity contribution in [3.05, 3.63) is 35.9 Å². The summed E-state index contributed by atoms with van der Waals surface area (Å²) in [6.45, 7) is 3.60. The summed E-state index contributed by atoms with van der Waals surface area (Å²) in [6.07, 6.45) is 0.653. The molecule has 0 heterocycles. The van der Waals surface area contributed by atoms with Gasteiger partial charge in [-0.2, -0.15) is 5.01 Å². The molecule has 1 aliphatic carbocycles. The maximum atomic E-state index is 13.0. The van der Waals surface area contributed by atoms with Crippen LogP contribution >= 0.6 is 0 Å². The Kier molecular flexibility index (Phi) is 6.38. The molecule has 1 aromatic rings. The molecule has 2 rings (SSSR count). The van der Waals surface area contributed by atoms with Gasteiger partial charge in [0.25, 0.3) is 0 Å². The molecule has 1 fully saturated rings. The zero-order valence-electron chi connectivity index (χ0n) is 14.6. The van der Waals surface area contributed by atoms with Gasteiger partial charge in [-0.05, 0) is 38.7 Å². The summed E-state index contributed by atoms with van der Waals surface area (Å²) in [4.78, 5) is 37.5. The number of rotatable bonds is 4. The van der Waals surface area contributed by atoms with Gasteiger partial charge in [-0.15, -0.1) is 0 Å². The fourth-order valence-electron chi connectivity index (χ4n) is 3.14. The zero-order valence-corrected chi connectivity index (χ0v) is 14.6. The third kappa shape index (κ3) is 3.92. The number of amides is 2. The molecular weight excluding hydrogens is 324 g/mol. The smallest absolute Gasteiger partial charge is 0.430 e. The van der Waals surface area contributed by atoms with Crippen molar-refractivity contribution >= 4 is 18.0 Å². The molecule has 7 heteroatoms. The van der Waals surface area contributed by atoms with Gasteiger partial charge in [0, 0.05) is 6.42 Å². The predicted octanol–water partition coefficient (Wildman–Crippen LogP) is 3.14. The van der Waals surface area contributed by atoms with Crippen molar-refractivity contribution in [1.29, 1.82) is 0 Å². The molecule has 0 saturated heterocycles. The van der Waals surface area contributed by atoms with Gasteiger partial charge in [0.1, 0.15) is 0 Å². The quantitative estimate of drug-likeness (QED) is 0.845. The van der Waals surface area contributed by atoms with Crippen LogP contribution in [0.5, 0.6) is 0 Å². The van der Waals surface area contributed by atoms with E-state index in [1.165, 1.54) is 0 Å². The monoisotopic (exact) mass is 348 g/mol. The second-order valence-corrected chi connectivity index (χ2v) is 5.72. The zero-order chi connectivity index (χ0) is 18.3. The Bertz CT molecular complexity index is 619. The van der Waals surface area contributed by atoms with E-state index in [4.69, 9.17) is 9.47 Å². The molecule has 0 radical (unpaired) electrons. The second-order valence-electron chi connectivity index (χ2n) is 5.72. The van der Waals surface area contributed by atoms with Crippen LogP contribution in [0.25, 0.3) is 0 Å². The topological polar surface area (TPSA) is 84.9 Å². The minimum Gasteiger partial charge on any atom is -0.449 e. The van der Waals surface area contributed by atoms with Crippen molar-refractivity contribution in [1.82, 2.24) is 10.4 Å². The van der Waals surface area contributed by atoms with Gasteiger partial charge in [-0.3, -0.25) is 4.79 Å². The molecule has 0 spiro atoms. The van der Waals surface area contributed by atoms with Crippen molar-refractivity contribution in [3.63, 3.8) is 0 Å². The molecule has 7 nitrogen and oxygen atoms in total. The van der Waals surface area contributed by atoms with E-state index in [9.17, 15) is 14.4 Å². The summed E-state index contributed by atoms with van der Waals surface area (Å²) in [5.74, 6) is -0.130. The Morgan fingerprint density at radius 1 is 1.12 bits per heavy atom. The molecule has 2 amide bonds. The third-order valence-electron chi connectivity index (χ3n) is 4.22. The third-order valence-corrected chi connectivity index (χ3v) is 4.22. The number of Topliss-reactive ketones (excluding diaryl/α,β-unsaturated/α-hetero) is 1. The van der Waals surface area contributed by atoms with E-state index in [1.54, 1.807) is 38.1 Å². The Labute approximate surface area is 147 Å². The largest absolute Gasteiger partial charge is 0.449 e. The first-order chi connectivity index (χ1) is 12.1. The maximum absolute atomic E-state index is 13.0. The summed E-state index contributed by atoms with van der Waals surface area (Å²) < 4.78 is 9.99. The first kappa shape index (κ1) is 18.8. The molecule has 0 unspecified atom stereocenters. The van der Waals surface area contributed by atoms with Crippen LogP contribution in [0.4, 0.5) is 9.59 Å². The number of carbonyl (C=O) groups is 3. The Hall–Kier alpha value is -2.57. The van der Waals surface area contributed by atoms with Crippen molar-refractivity contribution < 1.29 is 23.9 Å². The highest BCUT2D eigenvalue weighted by Crippen LogP contribution is 2.39. The molecule has 1 saturated carbocycles. The number of carbonyl (C=O) groups excluding carboxylic acids is 3. The van der Waals surface area contributed by atoms with Crippen LogP contribution in [0.15, 0.2) is 30.3 Å². The van der Waals surface area contributed by atoms with Crippen LogP contribution in [0, 0.1) is 0 Å². The fraction of sp³-hybridized carbons (Fsp3) is 0.500. The average molecular weight is 348 g/mol. The first-order valence-corrected chi connectivity index (χ1v) is 8.55. The average Bonchev–Trinajstić information content (AvgIpc) is 2.62. The molecule has 0 bridgehead atoms. The molecule has 1 aliphatic rings. The molecule has 1 atom stereocenters. The number of hydrazine groups is 1. The molecule has 0 aromatic heterocycles. The van der Waals surface area contributed by atoms with Gasteiger partial charge < -0.3 is 9.47 Å². The van der Waals surface area contributed by atoms with Gasteiger partial charge >= 0.3 is 12.2 Å². The lowest BCUT2D eigenvalue weighted by Gasteiger charge is -2.43. The molecule has 1 N–H and O–H groups in total. The summed E-state index contributed by atoms with van der Waals surface area (Å²) in [5, 5.41) is 1.01. The minimum atomic E-state index is -1.29. The molecule has 1 aromatic carbocycles. The number of benzene rings is 1. The fourth-order valence-corrected chi connectivity index (χ4v) is 3.14. The highest BCUT2D eigenvalue weighted by Gasteiger charge is 2.50. The number of nitrogens with zero attached hydrogens (tertiary/aromatic N) is 1. The maximum Gasteiger partial charge on any atom is 0.430 e. The van der Waals surface area contributed by atoms with E-state index in [0.717, 1.165) is 17.9 Å². The first-order valence-electron chi connectivity index (χ1n) is 8.55. The lowest BCUT2D eigenvalue weighted by atomic mass is 9.75. The van der Waals surface area contributed by atoms with E-state index in [-0.39, 0.29) is 19.0 Å². The van der Waals surface area contributed by atoms with E-state index in [1.807, 2.05) is 6.07 Å². The molecule has 136 valence electrons. The van der Waals surface area contributed by atoms with Crippen LogP contribution in [0.3, 0.4) is 0 Å². The SMILES string of the molecule is CCOC(=O)NN(C(=O)OCC)[C@@]1(c2ccccc2)CCCCC1=O. The summed E-state index contributed by atoms with van der Waals surface area (Å²) in [7, 11) is 0. The van der Waals surface area contributed by atoms with Crippen molar-refractivity contribution in [3.8, 4) is 0 Å². The van der Waals surface area contributed by atoms with Crippen molar-refractivity contribution in [2.24, 2.45) is 0 Å². The van der Waals surface area contributed by atoms with Crippen LogP contribution in [-0.2, 0) is 19.8 Å². The highest BCUT2D eigenvalue weighted by molar-refractivity contribution is 5.94. The number of hydrogen-bond donors (Lipinski definition) is 1. The van der Waals surface area contributed by atoms with E-state index >= 15 is 0 Å². The summed E-state index contributed by atoms with van der Waals surface area (Å²) in [6, 6.07) is 8.99. The number of hydrogen-bond acceptors (Lipinski definition) is 5. The number of ketones is 1. The van der Waals surface area contributed by atoms with E-state index in [2.05, 4.69) is 5.43 Å². The van der Waals surface area contributed by atoms with Crippen LogP contribution < -0.4 is 5.43 Å². The molecule has 25 heavy (non-hydrogen) atoms. The number of nitrogens with one attached hydrogen (secondary N) is 1. The second kappa shape index (κ2) is 8.50. The van der Waals surface area contributed by atoms with Crippen LogP contribution in [0.2, 0.25) is 0 Å². The van der Waals surface area contributed by atoms with Gasteiger partial charge in [-0.25, -0.2) is 15.0 Å². The predicted molar refractivity (Wildman–Crippen MR) is 90.6 cm³/mol. The van der Waals surface area contributed by atoms with Crippen LogP contribution in [0.1, 0.15) is 45.1 Å². The Morgan fingerprint density at radius 3 is 2.40 bits per heavy atom. The normalized spacial score (nSPS) is 19.8. The standard InChI is InChI=1S/C18H24N2O5/c1-3-24-16(22)19-20(17(23)25-4-2)18(13-9-8-12-15(18)21)14-10-6-5-7-11-14/h5-7,10-11H,3-4,8-9,12-13H2,1-2H3,(H,19,22)/t18-/m1/s1. The highest BCUT2D eigenvalue weighted by atomic mass is 16.6. The molecule has 0 aliphatic heterocycles. The Morgan fingerprint density at radius 2 is 1.80 bits per heavy atom. The Balaban J connectivity index is 2.50. The van der Waals surface area contributed by atoms with Gasteiger partial charge in [-0.1, -0.05) is 30.3 Å². The van der Waals surface area contributed by atoms with Crippen molar-refractivity contribution in [2.75, 3.05) is 13.2 Å². The van der Waals surface area contributed by atoms with E-state index < -0.39 is 17.7 Å². The van der Waals surface area contributed by atoms with Gasteiger partial charge in [0.05, 0.1) is 13.2 Å². The van der Waals surface area contributed by atoms with Gasteiger partial charge in [0.2, 0.25) is 0 Å². The number of ether oxygens (including phenoxy) is 2. The van der Waals surface area contributed by atoms with Crippen molar-refractivity contribution in [2.45, 2.75) is 45.1 Å². The summed E-state index contributed by atoms with van der Waals surface area (Å²) in [5.41, 5.74) is 1.77.